The van der Waals surface area contributed by atoms with Crippen molar-refractivity contribution >= 4 is 17.3 Å². The average Bonchev–Trinajstić information content (AvgIpc) is 3.26. The fraction of sp³-hybridized carbons (Fsp3) is 0.286. The Morgan fingerprint density at radius 1 is 1.33 bits per heavy atom. The fourth-order valence-corrected chi connectivity index (χ4v) is 2.39. The van der Waals surface area contributed by atoms with Gasteiger partial charge < -0.3 is 0 Å². The van der Waals surface area contributed by atoms with Gasteiger partial charge in [-0.05, 0) is 18.4 Å². The lowest BCUT2D eigenvalue weighted by Gasteiger charge is -2.11. The van der Waals surface area contributed by atoms with Gasteiger partial charge in [0.15, 0.2) is 0 Å². The third-order valence-corrected chi connectivity index (χ3v) is 3.63. The summed E-state index contributed by atoms with van der Waals surface area (Å²) in [6, 6.07) is 7.45. The number of hydrogen-bond acceptors (Lipinski definition) is 4. The minimum Gasteiger partial charge on any atom is -0.292 e. The van der Waals surface area contributed by atoms with Crippen LogP contribution in [0, 0.1) is 10.1 Å². The van der Waals surface area contributed by atoms with E-state index >= 15 is 0 Å². The van der Waals surface area contributed by atoms with Crippen LogP contribution in [0.3, 0.4) is 0 Å². The number of benzene rings is 1. The first-order valence-electron chi connectivity index (χ1n) is 6.55. The monoisotopic (exact) mass is 305 g/mol. The summed E-state index contributed by atoms with van der Waals surface area (Å²) < 4.78 is 1.59. The molecular formula is C14H12ClN3O3. The predicted octanol–water partition coefficient (Wildman–Crippen LogP) is 2.73. The summed E-state index contributed by atoms with van der Waals surface area (Å²) in [6.45, 7) is 0.340. The Balaban J connectivity index is 1.94. The molecule has 1 fully saturated rings. The molecule has 0 unspecified atom stereocenters. The molecule has 0 aliphatic heterocycles. The van der Waals surface area contributed by atoms with Gasteiger partial charge in [-0.1, -0.05) is 23.7 Å². The van der Waals surface area contributed by atoms with E-state index in [0.29, 0.717) is 12.4 Å². The molecule has 1 aromatic carbocycles. The molecule has 7 heteroatoms. The molecule has 0 atom stereocenters. The van der Waals surface area contributed by atoms with E-state index in [9.17, 15) is 14.9 Å². The van der Waals surface area contributed by atoms with Crippen LogP contribution >= 0.6 is 11.6 Å². The van der Waals surface area contributed by atoms with Gasteiger partial charge in [-0.25, -0.2) is 4.98 Å². The minimum absolute atomic E-state index is 0.0303. The third kappa shape index (κ3) is 2.95. The van der Waals surface area contributed by atoms with Crippen molar-refractivity contribution < 1.29 is 4.92 Å². The molecule has 21 heavy (non-hydrogen) atoms. The number of rotatable bonds is 4. The highest BCUT2D eigenvalue weighted by Gasteiger charge is 2.29. The van der Waals surface area contributed by atoms with Crippen molar-refractivity contribution in [1.29, 1.82) is 0 Å². The number of halogens is 1. The maximum atomic E-state index is 12.1. The van der Waals surface area contributed by atoms with Crippen molar-refractivity contribution in [3.8, 4) is 0 Å². The van der Waals surface area contributed by atoms with E-state index in [1.807, 2.05) is 0 Å². The number of nitro groups is 1. The number of non-ortho nitro benzene ring substituents is 1. The maximum Gasteiger partial charge on any atom is 0.269 e. The standard InChI is InChI=1S/C14H12ClN3O3/c15-12-7-13(19)17(14(16-12)10-3-4-10)8-9-1-5-11(6-2-9)18(20)21/h1-2,5-7,10H,3-4,8H2. The van der Waals surface area contributed by atoms with Crippen molar-refractivity contribution in [2.45, 2.75) is 25.3 Å². The molecule has 2 aromatic rings. The van der Waals surface area contributed by atoms with Crippen LogP contribution in [-0.4, -0.2) is 14.5 Å². The topological polar surface area (TPSA) is 78.0 Å². The van der Waals surface area contributed by atoms with E-state index < -0.39 is 4.92 Å². The number of nitrogens with zero attached hydrogens (tertiary/aromatic N) is 3. The molecule has 0 spiro atoms. The van der Waals surface area contributed by atoms with Crippen molar-refractivity contribution in [3.05, 3.63) is 67.3 Å². The zero-order valence-corrected chi connectivity index (χ0v) is 11.8. The second kappa shape index (κ2) is 5.29. The molecule has 1 saturated carbocycles. The van der Waals surface area contributed by atoms with Crippen LogP contribution in [0.2, 0.25) is 5.15 Å². The lowest BCUT2D eigenvalue weighted by molar-refractivity contribution is -0.384. The van der Waals surface area contributed by atoms with E-state index in [2.05, 4.69) is 4.98 Å². The van der Waals surface area contributed by atoms with Crippen LogP contribution in [0.15, 0.2) is 35.1 Å². The molecule has 0 saturated heterocycles. The van der Waals surface area contributed by atoms with Gasteiger partial charge >= 0.3 is 0 Å². The smallest absolute Gasteiger partial charge is 0.269 e. The molecule has 108 valence electrons. The van der Waals surface area contributed by atoms with Gasteiger partial charge in [-0.2, -0.15) is 0 Å². The SMILES string of the molecule is O=c1cc(Cl)nc(C2CC2)n1Cc1ccc([N+](=O)[O-])cc1. The molecular weight excluding hydrogens is 294 g/mol. The lowest BCUT2D eigenvalue weighted by Crippen LogP contribution is -2.24. The molecule has 0 amide bonds. The van der Waals surface area contributed by atoms with Crippen LogP contribution in [-0.2, 0) is 6.54 Å². The second-order valence-electron chi connectivity index (χ2n) is 5.06. The van der Waals surface area contributed by atoms with Gasteiger partial charge in [-0.15, -0.1) is 0 Å². The molecule has 6 nitrogen and oxygen atoms in total. The first kappa shape index (κ1) is 13.8. The number of hydrogen-bond donors (Lipinski definition) is 0. The van der Waals surface area contributed by atoms with E-state index in [-0.39, 0.29) is 22.3 Å². The normalized spacial score (nSPS) is 14.1. The van der Waals surface area contributed by atoms with Crippen LogP contribution in [0.25, 0.3) is 0 Å². The van der Waals surface area contributed by atoms with E-state index in [0.717, 1.165) is 18.4 Å². The van der Waals surface area contributed by atoms with Crippen LogP contribution in [0.1, 0.15) is 30.1 Å². The molecule has 3 rings (SSSR count). The highest BCUT2D eigenvalue weighted by molar-refractivity contribution is 6.29. The largest absolute Gasteiger partial charge is 0.292 e. The highest BCUT2D eigenvalue weighted by Crippen LogP contribution is 2.38. The molecule has 0 radical (unpaired) electrons. The van der Waals surface area contributed by atoms with Crippen molar-refractivity contribution in [2.24, 2.45) is 0 Å². The van der Waals surface area contributed by atoms with Gasteiger partial charge in [0.25, 0.3) is 11.2 Å². The average molecular weight is 306 g/mol. The zero-order chi connectivity index (χ0) is 15.0. The Labute approximate surface area is 125 Å². The highest BCUT2D eigenvalue weighted by atomic mass is 35.5. The summed E-state index contributed by atoms with van der Waals surface area (Å²) in [7, 11) is 0. The molecule has 0 N–H and O–H groups in total. The van der Waals surface area contributed by atoms with E-state index in [4.69, 9.17) is 11.6 Å². The van der Waals surface area contributed by atoms with Gasteiger partial charge in [0.1, 0.15) is 11.0 Å². The van der Waals surface area contributed by atoms with Gasteiger partial charge in [0.2, 0.25) is 0 Å². The minimum atomic E-state index is -0.449. The Morgan fingerprint density at radius 3 is 2.57 bits per heavy atom. The lowest BCUT2D eigenvalue weighted by atomic mass is 10.2. The summed E-state index contributed by atoms with van der Waals surface area (Å²) in [4.78, 5) is 26.6. The summed E-state index contributed by atoms with van der Waals surface area (Å²) in [5, 5.41) is 10.8. The Morgan fingerprint density at radius 2 is 2.00 bits per heavy atom. The van der Waals surface area contributed by atoms with Crippen molar-refractivity contribution in [3.63, 3.8) is 0 Å². The second-order valence-corrected chi connectivity index (χ2v) is 5.45. The molecule has 1 aromatic heterocycles. The zero-order valence-electron chi connectivity index (χ0n) is 11.0. The summed E-state index contributed by atoms with van der Waals surface area (Å²) in [5.41, 5.74) is 0.645. The van der Waals surface area contributed by atoms with Crippen LogP contribution in [0.5, 0.6) is 0 Å². The van der Waals surface area contributed by atoms with Gasteiger partial charge in [0, 0.05) is 24.1 Å². The van der Waals surface area contributed by atoms with Crippen molar-refractivity contribution in [1.82, 2.24) is 9.55 Å². The van der Waals surface area contributed by atoms with Crippen LogP contribution < -0.4 is 5.56 Å². The van der Waals surface area contributed by atoms with Gasteiger partial charge in [0.05, 0.1) is 11.5 Å². The first-order chi connectivity index (χ1) is 10.0. The third-order valence-electron chi connectivity index (χ3n) is 3.44. The Hall–Kier alpha value is -2.21. The summed E-state index contributed by atoms with van der Waals surface area (Å²) in [5.74, 6) is 0.986. The van der Waals surface area contributed by atoms with E-state index in [1.165, 1.54) is 18.2 Å². The summed E-state index contributed by atoms with van der Waals surface area (Å²) >= 11 is 5.85. The van der Waals surface area contributed by atoms with Crippen LogP contribution in [0.4, 0.5) is 5.69 Å². The number of aromatic nitrogens is 2. The molecule has 0 bridgehead atoms. The molecule has 1 heterocycles. The fourth-order valence-electron chi connectivity index (χ4n) is 2.21. The quantitative estimate of drug-likeness (QED) is 0.494. The number of nitro benzene ring substituents is 1. The predicted molar refractivity (Wildman–Crippen MR) is 77.7 cm³/mol. The maximum absolute atomic E-state index is 12.1. The molecule has 1 aliphatic rings. The molecule has 1 aliphatic carbocycles. The van der Waals surface area contributed by atoms with Crippen molar-refractivity contribution in [2.75, 3.05) is 0 Å². The first-order valence-corrected chi connectivity index (χ1v) is 6.93. The van der Waals surface area contributed by atoms with Gasteiger partial charge in [-0.3, -0.25) is 19.5 Å². The summed E-state index contributed by atoms with van der Waals surface area (Å²) in [6.07, 6.45) is 2.01. The van der Waals surface area contributed by atoms with E-state index in [1.54, 1.807) is 16.7 Å². The Bertz CT molecular complexity index is 751. The Kier molecular flexibility index (Phi) is 3.47.